The zero-order valence-corrected chi connectivity index (χ0v) is 18.1. The van der Waals surface area contributed by atoms with Gasteiger partial charge in [0, 0.05) is 11.6 Å². The fraction of sp³-hybridized carbons (Fsp3) is 0.409. The predicted molar refractivity (Wildman–Crippen MR) is 115 cm³/mol. The van der Waals surface area contributed by atoms with Gasteiger partial charge in [-0.15, -0.1) is 0 Å². The van der Waals surface area contributed by atoms with Crippen LogP contribution in [0.25, 0.3) is 0 Å². The van der Waals surface area contributed by atoms with E-state index in [0.717, 1.165) is 24.0 Å². The lowest BCUT2D eigenvalue weighted by Gasteiger charge is -2.23. The number of carbonyl (C=O) groups is 1. The van der Waals surface area contributed by atoms with Gasteiger partial charge in [0.2, 0.25) is 0 Å². The lowest BCUT2D eigenvalue weighted by atomic mass is 9.95. The van der Waals surface area contributed by atoms with E-state index in [1.165, 1.54) is 25.0 Å². The third-order valence-corrected chi connectivity index (χ3v) is 8.01. The standard InChI is InChI=1S/C22H25ClN2O3S/c1-13-3-8-19(14(2)9-13)25-29(27,28)21-12-17(6-7-18(21)23)22(26)24-20-11-15-4-5-16(20)10-15/h3,6-9,12,15-16,20,25H,4-5,10-11H2,1-2H3,(H,24,26). The molecule has 1 amide bonds. The van der Waals surface area contributed by atoms with E-state index in [0.29, 0.717) is 23.1 Å². The van der Waals surface area contributed by atoms with E-state index < -0.39 is 10.0 Å². The van der Waals surface area contributed by atoms with Gasteiger partial charge in [-0.05, 0) is 74.8 Å². The van der Waals surface area contributed by atoms with E-state index >= 15 is 0 Å². The van der Waals surface area contributed by atoms with Gasteiger partial charge in [-0.2, -0.15) is 0 Å². The van der Waals surface area contributed by atoms with Gasteiger partial charge < -0.3 is 5.32 Å². The number of amides is 1. The molecule has 2 N–H and O–H groups in total. The molecule has 7 heteroatoms. The summed E-state index contributed by atoms with van der Waals surface area (Å²) in [6.45, 7) is 3.78. The van der Waals surface area contributed by atoms with Crippen LogP contribution in [0.4, 0.5) is 5.69 Å². The molecule has 3 unspecified atom stereocenters. The van der Waals surface area contributed by atoms with Crippen LogP contribution in [0.5, 0.6) is 0 Å². The minimum Gasteiger partial charge on any atom is -0.349 e. The van der Waals surface area contributed by atoms with Gasteiger partial charge >= 0.3 is 0 Å². The number of rotatable bonds is 5. The number of hydrogen-bond donors (Lipinski definition) is 2. The maximum atomic E-state index is 13.0. The number of aryl methyl sites for hydroxylation is 2. The first kappa shape index (κ1) is 20.2. The summed E-state index contributed by atoms with van der Waals surface area (Å²) in [5.74, 6) is 1.02. The molecule has 29 heavy (non-hydrogen) atoms. The third kappa shape index (κ3) is 4.14. The van der Waals surface area contributed by atoms with Crippen molar-refractivity contribution in [3.05, 3.63) is 58.1 Å². The molecule has 2 aliphatic carbocycles. The van der Waals surface area contributed by atoms with Crippen molar-refractivity contribution >= 4 is 33.2 Å². The Bertz CT molecular complexity index is 1070. The third-order valence-electron chi connectivity index (χ3n) is 6.16. The molecular formula is C22H25ClN2O3S. The summed E-state index contributed by atoms with van der Waals surface area (Å²) in [4.78, 5) is 12.7. The minimum absolute atomic E-state index is 0.0822. The van der Waals surface area contributed by atoms with Crippen molar-refractivity contribution < 1.29 is 13.2 Å². The smallest absolute Gasteiger partial charge is 0.263 e. The number of carbonyl (C=O) groups excluding carboxylic acids is 1. The topological polar surface area (TPSA) is 75.3 Å². The molecule has 154 valence electrons. The van der Waals surface area contributed by atoms with Crippen LogP contribution in [0.1, 0.15) is 47.2 Å². The number of nitrogens with one attached hydrogen (secondary N) is 2. The van der Waals surface area contributed by atoms with E-state index in [9.17, 15) is 13.2 Å². The highest BCUT2D eigenvalue weighted by atomic mass is 35.5. The summed E-state index contributed by atoms with van der Waals surface area (Å²) in [6, 6.07) is 10.0. The summed E-state index contributed by atoms with van der Waals surface area (Å²) in [7, 11) is -3.93. The second kappa shape index (κ2) is 7.65. The molecular weight excluding hydrogens is 408 g/mol. The van der Waals surface area contributed by atoms with Crippen LogP contribution in [0.2, 0.25) is 5.02 Å². The Kier molecular flexibility index (Phi) is 5.34. The number of halogens is 1. The summed E-state index contributed by atoms with van der Waals surface area (Å²) >= 11 is 6.19. The second-order valence-corrected chi connectivity index (χ2v) is 10.4. The molecule has 2 fully saturated rings. The Hall–Kier alpha value is -2.05. The highest BCUT2D eigenvalue weighted by Crippen LogP contribution is 2.44. The molecule has 0 aliphatic heterocycles. The van der Waals surface area contributed by atoms with Crippen LogP contribution in [0.15, 0.2) is 41.3 Å². The molecule has 4 rings (SSSR count). The molecule has 2 aliphatic rings. The van der Waals surface area contributed by atoms with E-state index in [1.54, 1.807) is 12.1 Å². The molecule has 2 saturated carbocycles. The number of sulfonamides is 1. The van der Waals surface area contributed by atoms with Gasteiger partial charge in [0.25, 0.3) is 15.9 Å². The van der Waals surface area contributed by atoms with Gasteiger partial charge in [0.05, 0.1) is 10.7 Å². The Morgan fingerprint density at radius 1 is 1.07 bits per heavy atom. The highest BCUT2D eigenvalue weighted by molar-refractivity contribution is 7.92. The molecule has 0 saturated heterocycles. The van der Waals surface area contributed by atoms with Gasteiger partial charge in [0.15, 0.2) is 0 Å². The molecule has 0 spiro atoms. The van der Waals surface area contributed by atoms with Crippen LogP contribution < -0.4 is 10.0 Å². The molecule has 2 aromatic carbocycles. The first-order chi connectivity index (χ1) is 13.7. The summed E-state index contributed by atoms with van der Waals surface area (Å²) in [5, 5.41) is 3.17. The lowest BCUT2D eigenvalue weighted by Crippen LogP contribution is -2.38. The molecule has 0 heterocycles. The summed E-state index contributed by atoms with van der Waals surface area (Å²) < 4.78 is 28.5. The van der Waals surface area contributed by atoms with Crippen LogP contribution in [0, 0.1) is 25.7 Å². The van der Waals surface area contributed by atoms with E-state index in [2.05, 4.69) is 10.0 Å². The van der Waals surface area contributed by atoms with Gasteiger partial charge in [-0.3, -0.25) is 9.52 Å². The number of hydrogen-bond acceptors (Lipinski definition) is 3. The molecule has 2 aromatic rings. The zero-order chi connectivity index (χ0) is 20.8. The van der Waals surface area contributed by atoms with Crippen LogP contribution >= 0.6 is 11.6 Å². The normalized spacial score (nSPS) is 23.2. The maximum absolute atomic E-state index is 13.0. The SMILES string of the molecule is Cc1ccc(NS(=O)(=O)c2cc(C(=O)NC3CC4CCC3C4)ccc2Cl)c(C)c1. The maximum Gasteiger partial charge on any atom is 0.263 e. The Morgan fingerprint density at radius 3 is 2.52 bits per heavy atom. The van der Waals surface area contributed by atoms with Crippen LogP contribution in [-0.4, -0.2) is 20.4 Å². The number of benzene rings is 2. The van der Waals surface area contributed by atoms with Crippen molar-refractivity contribution in [3.63, 3.8) is 0 Å². The van der Waals surface area contributed by atoms with E-state index in [4.69, 9.17) is 11.6 Å². The Morgan fingerprint density at radius 2 is 1.86 bits per heavy atom. The molecule has 5 nitrogen and oxygen atoms in total. The second-order valence-electron chi connectivity index (χ2n) is 8.32. The van der Waals surface area contributed by atoms with Crippen molar-refractivity contribution in [2.75, 3.05) is 4.72 Å². The fourth-order valence-electron chi connectivity index (χ4n) is 4.65. The van der Waals surface area contributed by atoms with Crippen LogP contribution in [0.3, 0.4) is 0 Å². The van der Waals surface area contributed by atoms with Crippen molar-refractivity contribution in [1.29, 1.82) is 0 Å². The van der Waals surface area contributed by atoms with Crippen LogP contribution in [-0.2, 0) is 10.0 Å². The van der Waals surface area contributed by atoms with Crippen molar-refractivity contribution in [1.82, 2.24) is 5.32 Å². The average molecular weight is 433 g/mol. The first-order valence-corrected chi connectivity index (χ1v) is 11.8. The Balaban J connectivity index is 1.56. The number of fused-ring (bicyclic) bond motifs is 2. The highest BCUT2D eigenvalue weighted by Gasteiger charge is 2.40. The van der Waals surface area contributed by atoms with Crippen molar-refractivity contribution in [2.45, 2.75) is 50.5 Å². The van der Waals surface area contributed by atoms with E-state index in [1.807, 2.05) is 26.0 Å². The first-order valence-electron chi connectivity index (χ1n) is 9.93. The average Bonchev–Trinajstić information content (AvgIpc) is 3.27. The van der Waals surface area contributed by atoms with Gasteiger partial charge in [-0.25, -0.2) is 8.42 Å². The van der Waals surface area contributed by atoms with Crippen molar-refractivity contribution in [3.8, 4) is 0 Å². The van der Waals surface area contributed by atoms with Gasteiger partial charge in [0.1, 0.15) is 4.90 Å². The molecule has 2 bridgehead atoms. The summed E-state index contributed by atoms with van der Waals surface area (Å²) in [6.07, 6.45) is 4.62. The monoisotopic (exact) mass is 432 g/mol. The largest absolute Gasteiger partial charge is 0.349 e. The van der Waals surface area contributed by atoms with Gasteiger partial charge in [-0.1, -0.05) is 35.7 Å². The zero-order valence-electron chi connectivity index (χ0n) is 16.5. The molecule has 3 atom stereocenters. The quantitative estimate of drug-likeness (QED) is 0.720. The fourth-order valence-corrected chi connectivity index (χ4v) is 6.31. The lowest BCUT2D eigenvalue weighted by molar-refractivity contribution is 0.0922. The Labute approximate surface area is 176 Å². The molecule has 0 aromatic heterocycles. The van der Waals surface area contributed by atoms with E-state index in [-0.39, 0.29) is 21.9 Å². The minimum atomic E-state index is -3.93. The predicted octanol–water partition coefficient (Wildman–Crippen LogP) is 4.68. The molecule has 0 radical (unpaired) electrons. The van der Waals surface area contributed by atoms with Crippen molar-refractivity contribution in [2.24, 2.45) is 11.8 Å². The number of anilines is 1. The summed E-state index contributed by atoms with van der Waals surface area (Å²) in [5.41, 5.74) is 2.65.